The van der Waals surface area contributed by atoms with E-state index in [4.69, 9.17) is 4.74 Å². The van der Waals surface area contributed by atoms with E-state index in [9.17, 15) is 9.59 Å². The molecule has 1 aliphatic heterocycles. The van der Waals surface area contributed by atoms with Crippen molar-refractivity contribution in [3.8, 4) is 5.75 Å². The lowest BCUT2D eigenvalue weighted by Crippen LogP contribution is -2.28. The van der Waals surface area contributed by atoms with Crippen LogP contribution in [0.25, 0.3) is 0 Å². The summed E-state index contributed by atoms with van der Waals surface area (Å²) in [6.07, 6.45) is 0. The summed E-state index contributed by atoms with van der Waals surface area (Å²) in [5.74, 6) is 0.917. The van der Waals surface area contributed by atoms with Crippen LogP contribution in [-0.2, 0) is 9.59 Å². The molecule has 2 aromatic rings. The van der Waals surface area contributed by atoms with Crippen LogP contribution in [0.1, 0.15) is 17.9 Å². The number of hydrogen-bond acceptors (Lipinski definition) is 4. The first-order chi connectivity index (χ1) is 11.6. The molecule has 0 aliphatic carbocycles. The molecule has 1 heterocycles. The molecule has 1 atom stereocenters. The maximum absolute atomic E-state index is 12.5. The molecule has 3 rings (SSSR count). The molecule has 6 heteroatoms. The minimum atomic E-state index is -0.211. The molecule has 0 unspecified atom stereocenters. The first kappa shape index (κ1) is 16.4. The average Bonchev–Trinajstić information content (AvgIpc) is 2.96. The minimum Gasteiger partial charge on any atom is -0.495 e. The second kappa shape index (κ2) is 6.97. The second-order valence-electron chi connectivity index (χ2n) is 5.37. The number of nitrogens with zero attached hydrogens (tertiary/aromatic N) is 1. The van der Waals surface area contributed by atoms with Gasteiger partial charge in [-0.05, 0) is 18.2 Å². The van der Waals surface area contributed by atoms with Gasteiger partial charge in [0.15, 0.2) is 0 Å². The molecule has 0 bridgehead atoms. The summed E-state index contributed by atoms with van der Waals surface area (Å²) < 4.78 is 5.41. The number of amides is 2. The van der Waals surface area contributed by atoms with Gasteiger partial charge in [0.25, 0.3) is 0 Å². The molecule has 1 saturated heterocycles. The van der Waals surface area contributed by atoms with Gasteiger partial charge in [0.05, 0.1) is 18.6 Å². The molecule has 1 aliphatic rings. The number of methoxy groups -OCH3 is 1. The number of para-hydroxylation sites is 3. The molecule has 24 heavy (non-hydrogen) atoms. The van der Waals surface area contributed by atoms with Gasteiger partial charge in [-0.1, -0.05) is 30.3 Å². The highest BCUT2D eigenvalue weighted by Gasteiger charge is 2.36. The number of benzene rings is 2. The van der Waals surface area contributed by atoms with E-state index in [1.807, 2.05) is 48.5 Å². The molecule has 2 aromatic carbocycles. The quantitative estimate of drug-likeness (QED) is 0.925. The summed E-state index contributed by atoms with van der Waals surface area (Å²) in [4.78, 5) is 25.7. The Bertz CT molecular complexity index is 778. The van der Waals surface area contributed by atoms with Gasteiger partial charge in [-0.3, -0.25) is 14.5 Å². The lowest BCUT2D eigenvalue weighted by atomic mass is 10.1. The fourth-order valence-corrected chi connectivity index (χ4v) is 3.96. The van der Waals surface area contributed by atoms with Gasteiger partial charge in [0, 0.05) is 18.2 Å². The predicted molar refractivity (Wildman–Crippen MR) is 96.4 cm³/mol. The van der Waals surface area contributed by atoms with Gasteiger partial charge in [-0.25, -0.2) is 0 Å². The first-order valence-electron chi connectivity index (χ1n) is 7.55. The van der Waals surface area contributed by atoms with Gasteiger partial charge in [0.1, 0.15) is 11.1 Å². The molecule has 1 N–H and O–H groups in total. The molecule has 2 amide bonds. The fraction of sp³-hybridized carbons (Fsp3) is 0.222. The highest BCUT2D eigenvalue weighted by atomic mass is 32.2. The summed E-state index contributed by atoms with van der Waals surface area (Å²) >= 11 is 1.54. The third kappa shape index (κ3) is 3.10. The summed E-state index contributed by atoms with van der Waals surface area (Å²) in [6.45, 7) is 1.47. The van der Waals surface area contributed by atoms with E-state index in [2.05, 4.69) is 5.32 Å². The number of carbonyl (C=O) groups is 2. The fourth-order valence-electron chi connectivity index (χ4n) is 2.76. The number of nitrogens with one attached hydrogen (secondary N) is 1. The lowest BCUT2D eigenvalue weighted by molar-refractivity contribution is -0.116. The number of thioether (sulfide) groups is 1. The van der Waals surface area contributed by atoms with Crippen LogP contribution < -0.4 is 15.0 Å². The molecule has 124 valence electrons. The third-order valence-corrected chi connectivity index (χ3v) is 4.94. The molecule has 0 aromatic heterocycles. The minimum absolute atomic E-state index is 0.0205. The number of rotatable bonds is 4. The molecule has 5 nitrogen and oxygen atoms in total. The number of carbonyl (C=O) groups excluding carboxylic acids is 2. The zero-order chi connectivity index (χ0) is 17.1. The van der Waals surface area contributed by atoms with Crippen molar-refractivity contribution in [3.63, 3.8) is 0 Å². The van der Waals surface area contributed by atoms with Gasteiger partial charge in [-0.15, -0.1) is 11.8 Å². The van der Waals surface area contributed by atoms with E-state index in [1.165, 1.54) is 18.7 Å². The monoisotopic (exact) mass is 342 g/mol. The summed E-state index contributed by atoms with van der Waals surface area (Å²) in [5, 5.41) is 2.63. The molecule has 0 saturated carbocycles. The van der Waals surface area contributed by atoms with Crippen molar-refractivity contribution in [3.05, 3.63) is 54.1 Å². The Kier molecular flexibility index (Phi) is 4.76. The van der Waals surface area contributed by atoms with Crippen LogP contribution in [0, 0.1) is 0 Å². The Morgan fingerprint density at radius 2 is 1.92 bits per heavy atom. The van der Waals surface area contributed by atoms with E-state index in [-0.39, 0.29) is 17.2 Å². The second-order valence-corrected chi connectivity index (χ2v) is 6.44. The molecule has 1 fully saturated rings. The zero-order valence-corrected chi connectivity index (χ0v) is 14.3. The topological polar surface area (TPSA) is 58.6 Å². The first-order valence-corrected chi connectivity index (χ1v) is 8.60. The van der Waals surface area contributed by atoms with Crippen LogP contribution in [-0.4, -0.2) is 24.7 Å². The van der Waals surface area contributed by atoms with Gasteiger partial charge >= 0.3 is 0 Å². The van der Waals surface area contributed by atoms with Crippen molar-refractivity contribution >= 4 is 35.0 Å². The van der Waals surface area contributed by atoms with Crippen molar-refractivity contribution < 1.29 is 14.3 Å². The van der Waals surface area contributed by atoms with Gasteiger partial charge in [0.2, 0.25) is 11.8 Å². The zero-order valence-electron chi connectivity index (χ0n) is 13.5. The maximum atomic E-state index is 12.5. The van der Waals surface area contributed by atoms with E-state index < -0.39 is 0 Å². The molecular formula is C18H18N2O3S. The molecule has 0 spiro atoms. The summed E-state index contributed by atoms with van der Waals surface area (Å²) in [5.41, 5.74) is 2.35. The van der Waals surface area contributed by atoms with Crippen molar-refractivity contribution in [2.24, 2.45) is 0 Å². The number of anilines is 2. The van der Waals surface area contributed by atoms with Crippen LogP contribution in [0.15, 0.2) is 48.5 Å². The number of ether oxygens (including phenoxy) is 1. The Morgan fingerprint density at radius 1 is 1.21 bits per heavy atom. The lowest BCUT2D eigenvalue weighted by Gasteiger charge is -2.27. The standard InChI is InChI=1S/C18H18N2O3S/c1-12(21)19-14-8-4-3-7-13(14)18-20(17(22)11-24-18)15-9-5-6-10-16(15)23-2/h3-10,18H,11H2,1-2H3,(H,19,21)/t18-/m0/s1. The van der Waals surface area contributed by atoms with Crippen molar-refractivity contribution in [2.75, 3.05) is 23.1 Å². The van der Waals surface area contributed by atoms with Crippen LogP contribution in [0.2, 0.25) is 0 Å². The van der Waals surface area contributed by atoms with E-state index in [0.717, 1.165) is 16.9 Å². The number of hydrogen-bond donors (Lipinski definition) is 1. The maximum Gasteiger partial charge on any atom is 0.238 e. The van der Waals surface area contributed by atoms with Crippen LogP contribution in [0.4, 0.5) is 11.4 Å². The van der Waals surface area contributed by atoms with Crippen LogP contribution in [0.3, 0.4) is 0 Å². The third-order valence-electron chi connectivity index (χ3n) is 3.75. The van der Waals surface area contributed by atoms with Crippen molar-refractivity contribution in [2.45, 2.75) is 12.3 Å². The Hall–Kier alpha value is -2.47. The predicted octanol–water partition coefficient (Wildman–Crippen LogP) is 3.43. The summed E-state index contributed by atoms with van der Waals surface area (Å²) in [6, 6.07) is 15.0. The van der Waals surface area contributed by atoms with Crippen molar-refractivity contribution in [1.82, 2.24) is 0 Å². The van der Waals surface area contributed by atoms with Gasteiger partial charge < -0.3 is 10.1 Å². The Labute approximate surface area is 145 Å². The normalized spacial score (nSPS) is 17.0. The van der Waals surface area contributed by atoms with Crippen molar-refractivity contribution in [1.29, 1.82) is 0 Å². The molecule has 0 radical (unpaired) electrons. The summed E-state index contributed by atoms with van der Waals surface area (Å²) in [7, 11) is 1.59. The van der Waals surface area contributed by atoms with E-state index in [0.29, 0.717) is 11.5 Å². The smallest absolute Gasteiger partial charge is 0.238 e. The Morgan fingerprint density at radius 3 is 2.67 bits per heavy atom. The highest BCUT2D eigenvalue weighted by molar-refractivity contribution is 8.00. The van der Waals surface area contributed by atoms with E-state index in [1.54, 1.807) is 12.0 Å². The van der Waals surface area contributed by atoms with Crippen LogP contribution >= 0.6 is 11.8 Å². The SMILES string of the molecule is COc1ccccc1N1C(=O)CS[C@H]1c1ccccc1NC(C)=O. The largest absolute Gasteiger partial charge is 0.495 e. The molecular weight excluding hydrogens is 324 g/mol. The average molecular weight is 342 g/mol. The van der Waals surface area contributed by atoms with Crippen LogP contribution in [0.5, 0.6) is 5.75 Å². The van der Waals surface area contributed by atoms with E-state index >= 15 is 0 Å². The Balaban J connectivity index is 2.05. The van der Waals surface area contributed by atoms with Gasteiger partial charge in [-0.2, -0.15) is 0 Å². The highest BCUT2D eigenvalue weighted by Crippen LogP contribution is 2.46.